The molecule has 0 aliphatic rings. The monoisotopic (exact) mass is 257 g/mol. The molecule has 0 unspecified atom stereocenters. The van der Waals surface area contributed by atoms with Gasteiger partial charge in [0, 0.05) is 5.41 Å². The quantitative estimate of drug-likeness (QED) is 0.702. The van der Waals surface area contributed by atoms with Gasteiger partial charge in [0.1, 0.15) is 6.04 Å². The van der Waals surface area contributed by atoms with Crippen LogP contribution in [-0.4, -0.2) is 23.0 Å². The molecule has 18 heavy (non-hydrogen) atoms. The Hall–Kier alpha value is -1.06. The van der Waals surface area contributed by atoms with E-state index in [1.165, 1.54) is 0 Å². The van der Waals surface area contributed by atoms with Crippen molar-refractivity contribution < 1.29 is 14.7 Å². The van der Waals surface area contributed by atoms with E-state index >= 15 is 0 Å². The van der Waals surface area contributed by atoms with Crippen LogP contribution < -0.4 is 5.32 Å². The second kappa shape index (κ2) is 7.39. The zero-order chi connectivity index (χ0) is 14.3. The highest BCUT2D eigenvalue weighted by molar-refractivity contribution is 5.86. The molecule has 4 nitrogen and oxygen atoms in total. The van der Waals surface area contributed by atoms with E-state index in [9.17, 15) is 9.59 Å². The van der Waals surface area contributed by atoms with E-state index in [1.807, 2.05) is 20.8 Å². The summed E-state index contributed by atoms with van der Waals surface area (Å²) in [7, 11) is 0. The highest BCUT2D eigenvalue weighted by atomic mass is 16.4. The number of carbonyl (C=O) groups excluding carboxylic acids is 1. The summed E-state index contributed by atoms with van der Waals surface area (Å²) < 4.78 is 0. The molecule has 0 aromatic rings. The van der Waals surface area contributed by atoms with Gasteiger partial charge in [0.2, 0.25) is 5.91 Å². The zero-order valence-electron chi connectivity index (χ0n) is 12.2. The van der Waals surface area contributed by atoms with Crippen molar-refractivity contribution in [3.63, 3.8) is 0 Å². The first-order chi connectivity index (χ1) is 8.20. The predicted octanol–water partition coefficient (Wildman–Crippen LogP) is 2.82. The number of hydrogen-bond acceptors (Lipinski definition) is 2. The maximum Gasteiger partial charge on any atom is 0.326 e. The van der Waals surface area contributed by atoms with Crippen LogP contribution in [0.25, 0.3) is 0 Å². The minimum absolute atomic E-state index is 0.167. The predicted molar refractivity (Wildman–Crippen MR) is 72.3 cm³/mol. The number of aliphatic carboxylic acids is 1. The smallest absolute Gasteiger partial charge is 0.326 e. The molecule has 2 N–H and O–H groups in total. The Balaban J connectivity index is 4.53. The molecule has 0 bridgehead atoms. The molecule has 0 aliphatic heterocycles. The number of hydrogen-bond donors (Lipinski definition) is 2. The maximum absolute atomic E-state index is 12.1. The van der Waals surface area contributed by atoms with Crippen molar-refractivity contribution >= 4 is 11.9 Å². The zero-order valence-corrected chi connectivity index (χ0v) is 12.2. The van der Waals surface area contributed by atoms with Crippen LogP contribution in [0.4, 0.5) is 0 Å². The minimum Gasteiger partial charge on any atom is -0.480 e. The summed E-state index contributed by atoms with van der Waals surface area (Å²) in [5.74, 6) is -0.707. The summed E-state index contributed by atoms with van der Waals surface area (Å²) >= 11 is 0. The van der Waals surface area contributed by atoms with Crippen molar-refractivity contribution in [1.29, 1.82) is 0 Å². The van der Waals surface area contributed by atoms with E-state index in [4.69, 9.17) is 5.11 Å². The Morgan fingerprint density at radius 3 is 2.22 bits per heavy atom. The normalized spacial score (nSPS) is 13.4. The van der Waals surface area contributed by atoms with E-state index in [1.54, 1.807) is 0 Å². The first-order valence-electron chi connectivity index (χ1n) is 6.74. The van der Waals surface area contributed by atoms with Crippen LogP contribution in [0.3, 0.4) is 0 Å². The van der Waals surface area contributed by atoms with E-state index in [0.29, 0.717) is 12.3 Å². The molecule has 106 valence electrons. The number of amides is 1. The van der Waals surface area contributed by atoms with Crippen LogP contribution in [0.15, 0.2) is 0 Å². The lowest BCUT2D eigenvalue weighted by Crippen LogP contribution is -2.47. The number of unbranched alkanes of at least 4 members (excludes halogenated alkanes) is 1. The van der Waals surface area contributed by atoms with Crippen molar-refractivity contribution in [3.8, 4) is 0 Å². The van der Waals surface area contributed by atoms with Gasteiger partial charge in [0.05, 0.1) is 0 Å². The molecule has 1 atom stereocenters. The van der Waals surface area contributed by atoms with Gasteiger partial charge in [-0.15, -0.1) is 0 Å². The van der Waals surface area contributed by atoms with Gasteiger partial charge in [0.15, 0.2) is 0 Å². The Labute approximate surface area is 110 Å². The summed E-state index contributed by atoms with van der Waals surface area (Å²) in [5, 5.41) is 11.7. The van der Waals surface area contributed by atoms with Crippen molar-refractivity contribution in [3.05, 3.63) is 0 Å². The molecule has 0 aromatic heterocycles. The largest absolute Gasteiger partial charge is 0.480 e. The average Bonchev–Trinajstić information content (AvgIpc) is 2.21. The van der Waals surface area contributed by atoms with Crippen LogP contribution in [0.2, 0.25) is 0 Å². The topological polar surface area (TPSA) is 66.4 Å². The third kappa shape index (κ3) is 6.03. The Kier molecular flexibility index (Phi) is 6.96. The fourth-order valence-corrected chi connectivity index (χ4v) is 2.13. The Morgan fingerprint density at radius 1 is 1.28 bits per heavy atom. The third-order valence-corrected chi connectivity index (χ3v) is 2.98. The van der Waals surface area contributed by atoms with Gasteiger partial charge in [-0.05, 0) is 18.8 Å². The number of rotatable bonds is 8. The molecule has 0 saturated heterocycles. The molecule has 0 spiro atoms. The lowest BCUT2D eigenvalue weighted by Gasteiger charge is -2.27. The second-order valence-electron chi connectivity index (χ2n) is 5.99. The van der Waals surface area contributed by atoms with Gasteiger partial charge >= 0.3 is 5.97 Å². The lowest BCUT2D eigenvalue weighted by molar-refractivity contribution is -0.143. The molecule has 0 heterocycles. The van der Waals surface area contributed by atoms with Gasteiger partial charge in [-0.1, -0.05) is 47.5 Å². The van der Waals surface area contributed by atoms with Gasteiger partial charge in [-0.3, -0.25) is 4.79 Å². The Bertz CT molecular complexity index is 285. The third-order valence-electron chi connectivity index (χ3n) is 2.98. The average molecular weight is 257 g/mol. The van der Waals surface area contributed by atoms with Gasteiger partial charge < -0.3 is 10.4 Å². The van der Waals surface area contributed by atoms with Gasteiger partial charge in [-0.2, -0.15) is 0 Å². The van der Waals surface area contributed by atoms with Crippen molar-refractivity contribution in [2.24, 2.45) is 11.3 Å². The van der Waals surface area contributed by atoms with Crippen LogP contribution in [0.1, 0.15) is 60.3 Å². The molecule has 0 saturated carbocycles. The first-order valence-corrected chi connectivity index (χ1v) is 6.74. The van der Waals surface area contributed by atoms with Crippen LogP contribution in [0.5, 0.6) is 0 Å². The number of nitrogens with one attached hydrogen (secondary N) is 1. The number of carboxylic acids is 1. The highest BCUT2D eigenvalue weighted by Crippen LogP contribution is 2.25. The number of carbonyl (C=O) groups is 2. The molecule has 0 fully saturated rings. The van der Waals surface area contributed by atoms with E-state index in [2.05, 4.69) is 19.2 Å². The van der Waals surface area contributed by atoms with Crippen molar-refractivity contribution in [2.45, 2.75) is 66.3 Å². The van der Waals surface area contributed by atoms with Crippen LogP contribution in [-0.2, 0) is 9.59 Å². The van der Waals surface area contributed by atoms with Crippen molar-refractivity contribution in [1.82, 2.24) is 5.32 Å². The van der Waals surface area contributed by atoms with Gasteiger partial charge in [-0.25, -0.2) is 4.79 Å². The fourth-order valence-electron chi connectivity index (χ4n) is 2.13. The Morgan fingerprint density at radius 2 is 1.83 bits per heavy atom. The number of carboxylic acid groups (broad SMARTS) is 1. The van der Waals surface area contributed by atoms with Crippen LogP contribution in [0, 0.1) is 11.3 Å². The summed E-state index contributed by atoms with van der Waals surface area (Å²) in [6.45, 7) is 9.84. The summed E-state index contributed by atoms with van der Waals surface area (Å²) in [4.78, 5) is 23.2. The molecule has 0 aromatic carbocycles. The molecule has 4 heteroatoms. The van der Waals surface area contributed by atoms with E-state index in [0.717, 1.165) is 19.3 Å². The fraction of sp³-hybridized carbons (Fsp3) is 0.857. The second-order valence-corrected chi connectivity index (χ2v) is 5.99. The van der Waals surface area contributed by atoms with Gasteiger partial charge in [0.25, 0.3) is 0 Å². The molecular weight excluding hydrogens is 230 g/mol. The summed E-state index contributed by atoms with van der Waals surface area (Å²) in [6.07, 6.45) is 2.98. The van der Waals surface area contributed by atoms with E-state index < -0.39 is 17.4 Å². The summed E-state index contributed by atoms with van der Waals surface area (Å²) in [6, 6.07) is -0.760. The van der Waals surface area contributed by atoms with Crippen molar-refractivity contribution in [2.75, 3.05) is 0 Å². The maximum atomic E-state index is 12.1. The molecule has 1 amide bonds. The SMILES string of the molecule is CCCC[C@H](NC(=O)C(C)(C)CC(C)C)C(=O)O. The lowest BCUT2D eigenvalue weighted by atomic mass is 9.83. The molecule has 0 aliphatic carbocycles. The highest BCUT2D eigenvalue weighted by Gasteiger charge is 2.31. The summed E-state index contributed by atoms with van der Waals surface area (Å²) in [5.41, 5.74) is -0.520. The van der Waals surface area contributed by atoms with Crippen LogP contribution >= 0.6 is 0 Å². The standard InChI is InChI=1S/C14H27NO3/c1-6-7-8-11(12(16)17)15-13(18)14(4,5)9-10(2)3/h10-11H,6-9H2,1-5H3,(H,15,18)(H,16,17)/t11-/m0/s1. The molecular formula is C14H27NO3. The molecule has 0 radical (unpaired) electrons. The van der Waals surface area contributed by atoms with E-state index in [-0.39, 0.29) is 5.91 Å². The molecule has 0 rings (SSSR count). The first kappa shape index (κ1) is 16.9. The minimum atomic E-state index is -0.947.